The van der Waals surface area contributed by atoms with Gasteiger partial charge in [-0.1, -0.05) is 19.8 Å². The molecule has 6 nitrogen and oxygen atoms in total. The van der Waals surface area contributed by atoms with Crippen molar-refractivity contribution in [1.82, 2.24) is 4.90 Å². The van der Waals surface area contributed by atoms with Crippen LogP contribution in [0.4, 0.5) is 11.4 Å². The molecule has 3 unspecified atom stereocenters. The molecule has 0 spiro atoms. The standard InChI is InChI=1S/C20H27N3O3/c1-14-13-22(18-7-3-2-6-16(14)18)15-8-9-19(23(25)26)17(12-15)20(24)21-10-4-5-11-21/h8-9,12,14,16,18H,2-7,10-11,13H2,1H3. The van der Waals surface area contributed by atoms with Gasteiger partial charge in [0.25, 0.3) is 11.6 Å². The van der Waals surface area contributed by atoms with E-state index >= 15 is 0 Å². The molecule has 2 heterocycles. The lowest BCUT2D eigenvalue weighted by molar-refractivity contribution is -0.385. The molecule has 1 saturated carbocycles. The van der Waals surface area contributed by atoms with Gasteiger partial charge in [-0.15, -0.1) is 0 Å². The van der Waals surface area contributed by atoms with Gasteiger partial charge in [0.15, 0.2) is 0 Å². The predicted octanol–water partition coefficient (Wildman–Crippen LogP) is 3.85. The van der Waals surface area contributed by atoms with Crippen LogP contribution in [0.2, 0.25) is 0 Å². The van der Waals surface area contributed by atoms with Crippen molar-refractivity contribution in [3.8, 4) is 0 Å². The SMILES string of the molecule is CC1CN(c2ccc([N+](=O)[O-])c(C(=O)N3CCCC3)c2)C2CCCCC12. The summed E-state index contributed by atoms with van der Waals surface area (Å²) < 4.78 is 0. The summed E-state index contributed by atoms with van der Waals surface area (Å²) in [7, 11) is 0. The number of nitro benzene ring substituents is 1. The maximum Gasteiger partial charge on any atom is 0.282 e. The highest BCUT2D eigenvalue weighted by molar-refractivity contribution is 5.99. The number of likely N-dealkylation sites (tertiary alicyclic amines) is 1. The van der Waals surface area contributed by atoms with Crippen molar-refractivity contribution in [3.05, 3.63) is 33.9 Å². The van der Waals surface area contributed by atoms with Crippen LogP contribution < -0.4 is 4.90 Å². The lowest BCUT2D eigenvalue weighted by atomic mass is 9.80. The first-order chi connectivity index (χ1) is 12.6. The maximum absolute atomic E-state index is 12.9. The first-order valence-electron chi connectivity index (χ1n) is 9.90. The molecular formula is C20H27N3O3. The average molecular weight is 357 g/mol. The lowest BCUT2D eigenvalue weighted by Gasteiger charge is -2.33. The third-order valence-corrected chi connectivity index (χ3v) is 6.53. The van der Waals surface area contributed by atoms with E-state index in [1.54, 1.807) is 11.0 Å². The zero-order valence-electron chi connectivity index (χ0n) is 15.4. The summed E-state index contributed by atoms with van der Waals surface area (Å²) in [4.78, 5) is 28.1. The Balaban J connectivity index is 1.68. The fourth-order valence-electron chi connectivity index (χ4n) is 5.19. The predicted molar refractivity (Wildman–Crippen MR) is 100 cm³/mol. The second-order valence-electron chi connectivity index (χ2n) is 8.10. The van der Waals surface area contributed by atoms with E-state index in [9.17, 15) is 14.9 Å². The molecule has 0 N–H and O–H groups in total. The monoisotopic (exact) mass is 357 g/mol. The van der Waals surface area contributed by atoms with E-state index < -0.39 is 4.92 Å². The normalized spacial score (nSPS) is 28.3. The van der Waals surface area contributed by atoms with E-state index in [0.29, 0.717) is 31.0 Å². The van der Waals surface area contributed by atoms with Gasteiger partial charge in [0.05, 0.1) is 4.92 Å². The molecule has 0 bridgehead atoms. The molecule has 3 fully saturated rings. The Morgan fingerprint density at radius 1 is 1.15 bits per heavy atom. The molecule has 0 aromatic heterocycles. The molecule has 140 valence electrons. The van der Waals surface area contributed by atoms with Crippen molar-refractivity contribution < 1.29 is 9.72 Å². The minimum atomic E-state index is -0.427. The van der Waals surface area contributed by atoms with E-state index in [0.717, 1.165) is 25.1 Å². The Morgan fingerprint density at radius 2 is 1.88 bits per heavy atom. The summed E-state index contributed by atoms with van der Waals surface area (Å²) in [6.45, 7) is 4.69. The fourth-order valence-corrected chi connectivity index (χ4v) is 5.19. The second kappa shape index (κ2) is 6.89. The second-order valence-corrected chi connectivity index (χ2v) is 8.10. The number of carbonyl (C=O) groups is 1. The number of hydrogen-bond donors (Lipinski definition) is 0. The van der Waals surface area contributed by atoms with Crippen LogP contribution >= 0.6 is 0 Å². The molecule has 6 heteroatoms. The minimum Gasteiger partial charge on any atom is -0.368 e. The van der Waals surface area contributed by atoms with Crippen LogP contribution in [0.15, 0.2) is 18.2 Å². The number of nitrogens with zero attached hydrogens (tertiary/aromatic N) is 3. The van der Waals surface area contributed by atoms with Crippen LogP contribution in [0.3, 0.4) is 0 Å². The molecule has 26 heavy (non-hydrogen) atoms. The first-order valence-corrected chi connectivity index (χ1v) is 9.90. The van der Waals surface area contributed by atoms with Crippen molar-refractivity contribution in [2.45, 2.75) is 51.5 Å². The molecule has 4 rings (SSSR count). The van der Waals surface area contributed by atoms with Crippen LogP contribution in [-0.2, 0) is 0 Å². The Morgan fingerprint density at radius 3 is 2.62 bits per heavy atom. The van der Waals surface area contributed by atoms with Crippen LogP contribution in [0.5, 0.6) is 0 Å². The van der Waals surface area contributed by atoms with Crippen LogP contribution in [0.1, 0.15) is 55.8 Å². The van der Waals surface area contributed by atoms with Gasteiger partial charge in [-0.3, -0.25) is 14.9 Å². The number of nitro groups is 1. The third-order valence-electron chi connectivity index (χ3n) is 6.53. The molecular weight excluding hydrogens is 330 g/mol. The zero-order chi connectivity index (χ0) is 18.3. The summed E-state index contributed by atoms with van der Waals surface area (Å²) in [5, 5.41) is 11.5. The molecule has 1 aromatic carbocycles. The first kappa shape index (κ1) is 17.3. The van der Waals surface area contributed by atoms with Crippen LogP contribution in [0, 0.1) is 22.0 Å². The topological polar surface area (TPSA) is 66.7 Å². The minimum absolute atomic E-state index is 0.0712. The van der Waals surface area contributed by atoms with E-state index in [1.807, 2.05) is 6.07 Å². The van der Waals surface area contributed by atoms with Gasteiger partial charge in [-0.25, -0.2) is 0 Å². The molecule has 3 atom stereocenters. The van der Waals surface area contributed by atoms with Crippen molar-refractivity contribution in [3.63, 3.8) is 0 Å². The Bertz CT molecular complexity index is 714. The van der Waals surface area contributed by atoms with Crippen molar-refractivity contribution in [1.29, 1.82) is 0 Å². The fraction of sp³-hybridized carbons (Fsp3) is 0.650. The molecule has 0 radical (unpaired) electrons. The largest absolute Gasteiger partial charge is 0.368 e. The van der Waals surface area contributed by atoms with Crippen molar-refractivity contribution in [2.24, 2.45) is 11.8 Å². The summed E-state index contributed by atoms with van der Waals surface area (Å²) in [5.41, 5.74) is 1.15. The molecule has 1 aromatic rings. The molecule has 1 aliphatic carbocycles. The number of benzene rings is 1. The highest BCUT2D eigenvalue weighted by atomic mass is 16.6. The zero-order valence-corrected chi connectivity index (χ0v) is 15.4. The van der Waals surface area contributed by atoms with Crippen LogP contribution in [-0.4, -0.2) is 41.4 Å². The number of amides is 1. The van der Waals surface area contributed by atoms with Crippen molar-refractivity contribution >= 4 is 17.3 Å². The van der Waals surface area contributed by atoms with Gasteiger partial charge in [0, 0.05) is 37.4 Å². The van der Waals surface area contributed by atoms with Gasteiger partial charge >= 0.3 is 0 Å². The van der Waals surface area contributed by atoms with E-state index in [1.165, 1.54) is 31.7 Å². The molecule has 2 saturated heterocycles. The Kier molecular flexibility index (Phi) is 4.59. The Hall–Kier alpha value is -2.11. The maximum atomic E-state index is 12.9. The van der Waals surface area contributed by atoms with Gasteiger partial charge < -0.3 is 9.80 Å². The van der Waals surface area contributed by atoms with E-state index in [4.69, 9.17) is 0 Å². The Labute approximate surface area is 154 Å². The molecule has 3 aliphatic rings. The highest BCUT2D eigenvalue weighted by Gasteiger charge is 2.41. The smallest absolute Gasteiger partial charge is 0.282 e. The van der Waals surface area contributed by atoms with Gasteiger partial charge in [-0.05, 0) is 49.7 Å². The van der Waals surface area contributed by atoms with Gasteiger partial charge in [0.2, 0.25) is 0 Å². The number of fused-ring (bicyclic) bond motifs is 1. The van der Waals surface area contributed by atoms with Crippen molar-refractivity contribution in [2.75, 3.05) is 24.5 Å². The quantitative estimate of drug-likeness (QED) is 0.609. The summed E-state index contributed by atoms with van der Waals surface area (Å²) in [6.07, 6.45) is 6.96. The number of carbonyl (C=O) groups excluding carboxylic acids is 1. The number of anilines is 1. The molecule has 1 amide bonds. The van der Waals surface area contributed by atoms with Crippen LogP contribution in [0.25, 0.3) is 0 Å². The molecule has 2 aliphatic heterocycles. The lowest BCUT2D eigenvalue weighted by Crippen LogP contribution is -2.35. The van der Waals surface area contributed by atoms with E-state index in [-0.39, 0.29) is 17.2 Å². The number of hydrogen-bond acceptors (Lipinski definition) is 4. The van der Waals surface area contributed by atoms with E-state index in [2.05, 4.69) is 11.8 Å². The average Bonchev–Trinajstić information content (AvgIpc) is 3.29. The summed E-state index contributed by atoms with van der Waals surface area (Å²) >= 11 is 0. The summed E-state index contributed by atoms with van der Waals surface area (Å²) in [5.74, 6) is 1.15. The third kappa shape index (κ3) is 2.95. The number of rotatable bonds is 3. The summed E-state index contributed by atoms with van der Waals surface area (Å²) in [6, 6.07) is 5.65. The van der Waals surface area contributed by atoms with Gasteiger partial charge in [-0.2, -0.15) is 0 Å². The highest BCUT2D eigenvalue weighted by Crippen LogP contribution is 2.42. The van der Waals surface area contributed by atoms with Gasteiger partial charge in [0.1, 0.15) is 5.56 Å².